The van der Waals surface area contributed by atoms with Gasteiger partial charge in [-0.05, 0) is 25.0 Å². The number of carbonyl (C=O) groups is 1. The maximum atomic E-state index is 14.4. The number of hydrogen-bond donors (Lipinski definition) is 1. The largest absolute Gasteiger partial charge is 0.376 e. The Kier molecular flexibility index (Phi) is 4.70. The van der Waals surface area contributed by atoms with E-state index >= 15 is 0 Å². The summed E-state index contributed by atoms with van der Waals surface area (Å²) in [5.41, 5.74) is -0.622. The molecular formula is C19H15F5N2O2. The van der Waals surface area contributed by atoms with E-state index in [0.29, 0.717) is 13.0 Å². The van der Waals surface area contributed by atoms with Crippen molar-refractivity contribution in [3.05, 3.63) is 64.5 Å². The molecule has 2 aromatic rings. The summed E-state index contributed by atoms with van der Waals surface area (Å²) in [4.78, 5) is 14.0. The van der Waals surface area contributed by atoms with Crippen LogP contribution in [0.2, 0.25) is 0 Å². The molecule has 148 valence electrons. The van der Waals surface area contributed by atoms with E-state index in [9.17, 15) is 26.7 Å². The molecule has 28 heavy (non-hydrogen) atoms. The van der Waals surface area contributed by atoms with Gasteiger partial charge in [-0.15, -0.1) is 0 Å². The van der Waals surface area contributed by atoms with Crippen molar-refractivity contribution in [2.45, 2.75) is 25.1 Å². The summed E-state index contributed by atoms with van der Waals surface area (Å²) in [7, 11) is 0. The zero-order valence-corrected chi connectivity index (χ0v) is 14.4. The Hall–Kier alpha value is -2.68. The Morgan fingerprint density at radius 1 is 1.00 bits per heavy atom. The lowest BCUT2D eigenvalue weighted by atomic mass is 10.0. The molecule has 0 saturated carbocycles. The van der Waals surface area contributed by atoms with Crippen LogP contribution in [0, 0.1) is 29.1 Å². The van der Waals surface area contributed by atoms with Gasteiger partial charge in [0.05, 0.1) is 17.2 Å². The Morgan fingerprint density at radius 2 is 1.64 bits per heavy atom. The maximum absolute atomic E-state index is 14.4. The molecule has 2 aliphatic rings. The predicted octanol–water partition coefficient (Wildman–Crippen LogP) is 4.13. The summed E-state index contributed by atoms with van der Waals surface area (Å²) in [6.07, 6.45) is -0.588. The van der Waals surface area contributed by atoms with Crippen LogP contribution in [-0.2, 0) is 4.74 Å². The van der Waals surface area contributed by atoms with Crippen LogP contribution in [0.15, 0.2) is 24.3 Å². The molecule has 4 nitrogen and oxygen atoms in total. The van der Waals surface area contributed by atoms with Crippen LogP contribution in [0.5, 0.6) is 0 Å². The standard InChI is InChI=1S/C19H15F5N2O2/c20-13-12(14(21)16(23)17(24)15(13)22)18-25-11-6-2-1-5-10(11)19(27)26(18)8-9-4-3-7-28-9/h1-2,5-6,9,18,25H,3-4,7-8H2/t9-,18+/m0/s1. The Labute approximate surface area is 156 Å². The lowest BCUT2D eigenvalue weighted by Crippen LogP contribution is -2.47. The third-order valence-electron chi connectivity index (χ3n) is 4.96. The van der Waals surface area contributed by atoms with E-state index < -0.39 is 46.7 Å². The molecule has 0 aromatic heterocycles. The average Bonchev–Trinajstić information content (AvgIpc) is 3.21. The molecule has 0 radical (unpaired) electrons. The van der Waals surface area contributed by atoms with Crippen molar-refractivity contribution in [1.29, 1.82) is 0 Å². The van der Waals surface area contributed by atoms with Gasteiger partial charge in [-0.1, -0.05) is 12.1 Å². The summed E-state index contributed by atoms with van der Waals surface area (Å²) in [6.45, 7) is 0.425. The Morgan fingerprint density at radius 3 is 2.29 bits per heavy atom. The monoisotopic (exact) mass is 398 g/mol. The first-order chi connectivity index (χ1) is 13.4. The van der Waals surface area contributed by atoms with Gasteiger partial charge in [-0.2, -0.15) is 0 Å². The number of benzene rings is 2. The number of amides is 1. The van der Waals surface area contributed by atoms with Gasteiger partial charge in [-0.25, -0.2) is 22.0 Å². The van der Waals surface area contributed by atoms with E-state index in [1.54, 1.807) is 12.1 Å². The molecule has 4 rings (SSSR count). The summed E-state index contributed by atoms with van der Waals surface area (Å²) in [6, 6.07) is 6.21. The third kappa shape index (κ3) is 2.90. The van der Waals surface area contributed by atoms with Gasteiger partial charge >= 0.3 is 0 Å². The van der Waals surface area contributed by atoms with Gasteiger partial charge < -0.3 is 15.0 Å². The van der Waals surface area contributed by atoms with E-state index in [0.717, 1.165) is 11.3 Å². The van der Waals surface area contributed by atoms with Crippen LogP contribution in [0.4, 0.5) is 27.6 Å². The lowest BCUT2D eigenvalue weighted by Gasteiger charge is -2.39. The van der Waals surface area contributed by atoms with E-state index in [2.05, 4.69) is 5.32 Å². The lowest BCUT2D eigenvalue weighted by molar-refractivity contribution is 0.0417. The highest BCUT2D eigenvalue weighted by atomic mass is 19.2. The first-order valence-corrected chi connectivity index (χ1v) is 8.69. The number of ether oxygens (including phenoxy) is 1. The quantitative estimate of drug-likeness (QED) is 0.480. The molecule has 1 amide bonds. The van der Waals surface area contributed by atoms with Crippen LogP contribution >= 0.6 is 0 Å². The molecule has 0 aliphatic carbocycles. The molecule has 2 aromatic carbocycles. The van der Waals surface area contributed by atoms with Crippen LogP contribution in [0.1, 0.15) is 34.9 Å². The molecular weight excluding hydrogens is 383 g/mol. The third-order valence-corrected chi connectivity index (χ3v) is 4.96. The number of carbonyl (C=O) groups excluding carboxylic acids is 1. The Bertz CT molecular complexity index is 917. The number of fused-ring (bicyclic) bond motifs is 1. The highest BCUT2D eigenvalue weighted by molar-refractivity contribution is 6.01. The fourth-order valence-corrected chi connectivity index (χ4v) is 3.58. The Balaban J connectivity index is 1.84. The van der Waals surface area contributed by atoms with Crippen molar-refractivity contribution in [2.75, 3.05) is 18.5 Å². The highest BCUT2D eigenvalue weighted by Crippen LogP contribution is 2.37. The minimum atomic E-state index is -2.24. The highest BCUT2D eigenvalue weighted by Gasteiger charge is 2.40. The normalized spacial score (nSPS) is 21.6. The molecule has 1 N–H and O–H groups in total. The SMILES string of the molecule is O=C1c2ccccc2N[C@@H](c2c(F)c(F)c(F)c(F)c2F)N1C[C@@H]1CCCO1. The molecule has 2 atom stereocenters. The summed E-state index contributed by atoms with van der Waals surface area (Å²) >= 11 is 0. The average molecular weight is 398 g/mol. The van der Waals surface area contributed by atoms with Crippen molar-refractivity contribution in [1.82, 2.24) is 4.90 Å². The van der Waals surface area contributed by atoms with Crippen molar-refractivity contribution in [2.24, 2.45) is 0 Å². The van der Waals surface area contributed by atoms with E-state index in [-0.39, 0.29) is 23.9 Å². The zero-order chi connectivity index (χ0) is 20.0. The van der Waals surface area contributed by atoms with Crippen molar-refractivity contribution >= 4 is 11.6 Å². The summed E-state index contributed by atoms with van der Waals surface area (Å²) in [5, 5.41) is 2.74. The maximum Gasteiger partial charge on any atom is 0.257 e. The number of halogens is 5. The first kappa shape index (κ1) is 18.7. The fourth-order valence-electron chi connectivity index (χ4n) is 3.58. The second-order valence-electron chi connectivity index (χ2n) is 6.67. The molecule has 0 spiro atoms. The number of rotatable bonds is 3. The second kappa shape index (κ2) is 7.05. The number of anilines is 1. The van der Waals surface area contributed by atoms with E-state index in [1.807, 2.05) is 0 Å². The van der Waals surface area contributed by atoms with Crippen LogP contribution in [0.25, 0.3) is 0 Å². The predicted molar refractivity (Wildman–Crippen MR) is 89.0 cm³/mol. The number of nitrogens with zero attached hydrogens (tertiary/aromatic N) is 1. The first-order valence-electron chi connectivity index (χ1n) is 8.69. The van der Waals surface area contributed by atoms with Gasteiger partial charge in [0.2, 0.25) is 5.82 Å². The van der Waals surface area contributed by atoms with Crippen LogP contribution < -0.4 is 5.32 Å². The molecule has 0 unspecified atom stereocenters. The molecule has 2 aliphatic heterocycles. The number of para-hydroxylation sites is 1. The second-order valence-corrected chi connectivity index (χ2v) is 6.67. The molecule has 9 heteroatoms. The van der Waals surface area contributed by atoms with Gasteiger partial charge in [0.1, 0.15) is 6.17 Å². The van der Waals surface area contributed by atoms with Gasteiger partial charge in [0, 0.05) is 18.8 Å². The van der Waals surface area contributed by atoms with Crippen LogP contribution in [-0.4, -0.2) is 30.1 Å². The minimum Gasteiger partial charge on any atom is -0.376 e. The summed E-state index contributed by atoms with van der Waals surface area (Å²) < 4.78 is 75.4. The van der Waals surface area contributed by atoms with Gasteiger partial charge in [-0.3, -0.25) is 4.79 Å². The fraction of sp³-hybridized carbons (Fsp3) is 0.316. The molecule has 2 heterocycles. The smallest absolute Gasteiger partial charge is 0.257 e. The van der Waals surface area contributed by atoms with Crippen molar-refractivity contribution in [3.8, 4) is 0 Å². The molecule has 1 saturated heterocycles. The number of hydrogen-bond acceptors (Lipinski definition) is 3. The number of nitrogens with one attached hydrogen (secondary N) is 1. The topological polar surface area (TPSA) is 41.6 Å². The van der Waals surface area contributed by atoms with E-state index in [4.69, 9.17) is 4.74 Å². The molecule has 1 fully saturated rings. The minimum absolute atomic E-state index is 0.0513. The van der Waals surface area contributed by atoms with Gasteiger partial charge in [0.25, 0.3) is 5.91 Å². The van der Waals surface area contributed by atoms with Crippen molar-refractivity contribution in [3.63, 3.8) is 0 Å². The van der Waals surface area contributed by atoms with Crippen molar-refractivity contribution < 1.29 is 31.5 Å². The zero-order valence-electron chi connectivity index (χ0n) is 14.4. The molecule has 0 bridgehead atoms. The van der Waals surface area contributed by atoms with Gasteiger partial charge in [0.15, 0.2) is 23.3 Å². The summed E-state index contributed by atoms with van der Waals surface area (Å²) in [5.74, 6) is -10.9. The van der Waals surface area contributed by atoms with Crippen LogP contribution in [0.3, 0.4) is 0 Å². The van der Waals surface area contributed by atoms with E-state index in [1.165, 1.54) is 12.1 Å².